The third-order valence-corrected chi connectivity index (χ3v) is 7.18. The lowest BCUT2D eigenvalue weighted by Crippen LogP contribution is -2.52. The molecule has 11 heteroatoms. The third-order valence-electron chi connectivity index (χ3n) is 6.23. The van der Waals surface area contributed by atoms with E-state index < -0.39 is 5.91 Å². The standard InChI is InChI=1S/C26H38N6O4S/c1-7-10-27-23(34)19-13-18(14-32-11-12-36-17-26(32,2)3)8-9-20(19)28-24(35)21-16-37-25(29-21)31(6)15-22(33)30(4)5/h8-9,13,16H,7,10-12,14-15,17H2,1-6H3,(H,27,34)(H,28,35). The van der Waals surface area contributed by atoms with Crippen molar-refractivity contribution in [3.05, 3.63) is 40.4 Å². The zero-order valence-electron chi connectivity index (χ0n) is 22.6. The topological polar surface area (TPSA) is 107 Å². The summed E-state index contributed by atoms with van der Waals surface area (Å²) in [4.78, 5) is 48.0. The number of amides is 3. The van der Waals surface area contributed by atoms with Crippen LogP contribution in [0.5, 0.6) is 0 Å². The number of anilines is 2. The molecule has 0 unspecified atom stereocenters. The van der Waals surface area contributed by atoms with Crippen molar-refractivity contribution in [2.75, 3.05) is 64.2 Å². The van der Waals surface area contributed by atoms with E-state index in [0.29, 0.717) is 42.7 Å². The molecule has 3 amide bonds. The van der Waals surface area contributed by atoms with Crippen LogP contribution >= 0.6 is 11.3 Å². The van der Waals surface area contributed by atoms with Crippen LogP contribution in [0.3, 0.4) is 0 Å². The largest absolute Gasteiger partial charge is 0.378 e. The van der Waals surface area contributed by atoms with Gasteiger partial charge in [0.05, 0.1) is 31.0 Å². The second-order valence-electron chi connectivity index (χ2n) is 10.0. The fraction of sp³-hybridized carbons (Fsp3) is 0.538. The van der Waals surface area contributed by atoms with Crippen LogP contribution in [0.2, 0.25) is 0 Å². The first-order valence-corrected chi connectivity index (χ1v) is 13.3. The quantitative estimate of drug-likeness (QED) is 0.486. The van der Waals surface area contributed by atoms with Crippen LogP contribution in [0.1, 0.15) is 53.6 Å². The molecule has 1 aromatic heterocycles. The highest BCUT2D eigenvalue weighted by molar-refractivity contribution is 7.14. The van der Waals surface area contributed by atoms with E-state index in [1.54, 1.807) is 37.5 Å². The van der Waals surface area contributed by atoms with E-state index in [0.717, 1.165) is 18.5 Å². The monoisotopic (exact) mass is 530 g/mol. The molecule has 0 radical (unpaired) electrons. The minimum absolute atomic E-state index is 0.0630. The van der Waals surface area contributed by atoms with Gasteiger partial charge in [0.25, 0.3) is 11.8 Å². The highest BCUT2D eigenvalue weighted by atomic mass is 32.1. The molecule has 1 fully saturated rings. The molecule has 2 heterocycles. The summed E-state index contributed by atoms with van der Waals surface area (Å²) in [5.41, 5.74) is 1.94. The molecule has 1 aliphatic rings. The molecule has 37 heavy (non-hydrogen) atoms. The number of ether oxygens (including phenoxy) is 1. The summed E-state index contributed by atoms with van der Waals surface area (Å²) in [7, 11) is 5.14. The van der Waals surface area contributed by atoms with Gasteiger partial charge >= 0.3 is 0 Å². The van der Waals surface area contributed by atoms with E-state index in [-0.39, 0.29) is 29.6 Å². The number of benzene rings is 1. The van der Waals surface area contributed by atoms with Crippen molar-refractivity contribution >= 4 is 39.9 Å². The molecule has 0 aliphatic carbocycles. The number of hydrogen-bond donors (Lipinski definition) is 2. The van der Waals surface area contributed by atoms with Gasteiger partial charge in [0.15, 0.2) is 5.13 Å². The number of carbonyl (C=O) groups is 3. The smallest absolute Gasteiger partial charge is 0.275 e. The molecule has 0 atom stereocenters. The number of nitrogens with zero attached hydrogens (tertiary/aromatic N) is 4. The van der Waals surface area contributed by atoms with Crippen molar-refractivity contribution < 1.29 is 19.1 Å². The Bertz CT molecular complexity index is 1120. The number of rotatable bonds is 10. The van der Waals surface area contributed by atoms with Crippen LogP contribution in [0.25, 0.3) is 0 Å². The van der Waals surface area contributed by atoms with E-state index in [9.17, 15) is 14.4 Å². The van der Waals surface area contributed by atoms with Gasteiger partial charge in [-0.3, -0.25) is 19.3 Å². The lowest BCUT2D eigenvalue weighted by atomic mass is 10.00. The molecule has 0 bridgehead atoms. The number of aromatic nitrogens is 1. The highest BCUT2D eigenvalue weighted by Gasteiger charge is 2.30. The van der Waals surface area contributed by atoms with Gasteiger partial charge in [0.2, 0.25) is 5.91 Å². The Morgan fingerprint density at radius 1 is 1.19 bits per heavy atom. The van der Waals surface area contributed by atoms with Gasteiger partial charge in [-0.05, 0) is 38.0 Å². The zero-order valence-corrected chi connectivity index (χ0v) is 23.4. The van der Waals surface area contributed by atoms with E-state index in [2.05, 4.69) is 34.4 Å². The highest BCUT2D eigenvalue weighted by Crippen LogP contribution is 2.25. The van der Waals surface area contributed by atoms with Crippen molar-refractivity contribution in [1.29, 1.82) is 0 Å². The van der Waals surface area contributed by atoms with Crippen LogP contribution in [0.15, 0.2) is 23.6 Å². The second-order valence-corrected chi connectivity index (χ2v) is 10.9. The van der Waals surface area contributed by atoms with Crippen LogP contribution in [-0.2, 0) is 16.1 Å². The third kappa shape index (κ3) is 7.50. The number of morpholine rings is 1. The molecular weight excluding hydrogens is 492 g/mol. The zero-order chi connectivity index (χ0) is 27.2. The lowest BCUT2D eigenvalue weighted by molar-refractivity contribution is -0.127. The molecule has 0 spiro atoms. The summed E-state index contributed by atoms with van der Waals surface area (Å²) in [6, 6.07) is 5.56. The summed E-state index contributed by atoms with van der Waals surface area (Å²) in [6.07, 6.45) is 0.806. The Hall–Kier alpha value is -3.02. The minimum atomic E-state index is -0.415. The maximum Gasteiger partial charge on any atom is 0.275 e. The predicted molar refractivity (Wildman–Crippen MR) is 146 cm³/mol. The Balaban J connectivity index is 1.79. The molecular formula is C26H38N6O4S. The lowest BCUT2D eigenvalue weighted by Gasteiger charge is -2.42. The van der Waals surface area contributed by atoms with E-state index in [4.69, 9.17) is 4.74 Å². The molecule has 202 valence electrons. The fourth-order valence-electron chi connectivity index (χ4n) is 3.87. The maximum atomic E-state index is 13.0. The number of likely N-dealkylation sites (N-methyl/N-ethyl adjacent to an activating group) is 2. The number of hydrogen-bond acceptors (Lipinski definition) is 8. The summed E-state index contributed by atoms with van der Waals surface area (Å²) >= 11 is 1.28. The van der Waals surface area contributed by atoms with Crippen molar-refractivity contribution in [3.8, 4) is 0 Å². The average molecular weight is 531 g/mol. The molecule has 1 aromatic carbocycles. The predicted octanol–water partition coefficient (Wildman–Crippen LogP) is 2.67. The average Bonchev–Trinajstić information content (AvgIpc) is 3.35. The molecule has 1 saturated heterocycles. The first kappa shape index (κ1) is 28.5. The number of nitrogens with one attached hydrogen (secondary N) is 2. The summed E-state index contributed by atoms with van der Waals surface area (Å²) in [5.74, 6) is -0.713. The van der Waals surface area contributed by atoms with Gasteiger partial charge < -0.3 is 25.2 Å². The van der Waals surface area contributed by atoms with Gasteiger partial charge in [-0.15, -0.1) is 11.3 Å². The van der Waals surface area contributed by atoms with Gasteiger partial charge in [-0.2, -0.15) is 0 Å². The van der Waals surface area contributed by atoms with E-state index in [1.807, 2.05) is 19.1 Å². The van der Waals surface area contributed by atoms with Crippen molar-refractivity contribution in [2.24, 2.45) is 0 Å². The molecule has 3 rings (SSSR count). The minimum Gasteiger partial charge on any atom is -0.378 e. The van der Waals surface area contributed by atoms with Gasteiger partial charge in [-0.25, -0.2) is 4.98 Å². The fourth-order valence-corrected chi connectivity index (χ4v) is 4.64. The summed E-state index contributed by atoms with van der Waals surface area (Å²) in [5, 5.41) is 7.98. The Morgan fingerprint density at radius 2 is 1.95 bits per heavy atom. The first-order chi connectivity index (χ1) is 17.5. The molecule has 1 aliphatic heterocycles. The van der Waals surface area contributed by atoms with Gasteiger partial charge in [0.1, 0.15) is 5.69 Å². The van der Waals surface area contributed by atoms with Gasteiger partial charge in [0, 0.05) is 51.7 Å². The van der Waals surface area contributed by atoms with E-state index >= 15 is 0 Å². The maximum absolute atomic E-state index is 13.0. The van der Waals surface area contributed by atoms with E-state index in [1.165, 1.54) is 16.2 Å². The van der Waals surface area contributed by atoms with Crippen molar-refractivity contribution in [1.82, 2.24) is 20.1 Å². The number of thiazole rings is 1. The molecule has 2 N–H and O–H groups in total. The summed E-state index contributed by atoms with van der Waals surface area (Å²) in [6.45, 7) is 9.79. The first-order valence-electron chi connectivity index (χ1n) is 12.4. The van der Waals surface area contributed by atoms with Crippen molar-refractivity contribution in [3.63, 3.8) is 0 Å². The van der Waals surface area contributed by atoms with Gasteiger partial charge in [-0.1, -0.05) is 13.0 Å². The van der Waals surface area contributed by atoms with Crippen LogP contribution in [-0.4, -0.2) is 92.0 Å². The van der Waals surface area contributed by atoms with Crippen LogP contribution in [0.4, 0.5) is 10.8 Å². The normalized spacial score (nSPS) is 15.2. The molecule has 2 aromatic rings. The van der Waals surface area contributed by atoms with Crippen LogP contribution < -0.4 is 15.5 Å². The second kappa shape index (κ2) is 12.5. The number of carbonyl (C=O) groups excluding carboxylic acids is 3. The Kier molecular flexibility index (Phi) is 9.63. The SMILES string of the molecule is CCCNC(=O)c1cc(CN2CCOCC2(C)C)ccc1NC(=O)c1csc(N(C)CC(=O)N(C)C)n1. The Labute approximate surface area is 223 Å². The summed E-state index contributed by atoms with van der Waals surface area (Å²) < 4.78 is 5.63. The van der Waals surface area contributed by atoms with Crippen molar-refractivity contribution in [2.45, 2.75) is 39.3 Å². The Morgan fingerprint density at radius 3 is 2.62 bits per heavy atom. The molecule has 0 saturated carbocycles. The van der Waals surface area contributed by atoms with Crippen LogP contribution in [0, 0.1) is 0 Å². The molecule has 10 nitrogen and oxygen atoms in total.